The molecule has 0 unspecified atom stereocenters. The molecule has 3 aromatic rings. The number of carbonyl (C=O) groups excluding carboxylic acids is 1. The van der Waals surface area contributed by atoms with Crippen molar-refractivity contribution in [3.8, 4) is 17.6 Å². The molecule has 3 aromatic carbocycles. The van der Waals surface area contributed by atoms with E-state index in [1.54, 1.807) is 36.5 Å². The molecule has 0 heterocycles. The van der Waals surface area contributed by atoms with Crippen LogP contribution in [-0.2, 0) is 6.61 Å². The number of ether oxygens (including phenoxy) is 2. The molecular weight excluding hydrogens is 378 g/mol. The van der Waals surface area contributed by atoms with Gasteiger partial charge in [-0.1, -0.05) is 18.2 Å². The molecule has 0 bridgehead atoms. The Hall–Kier alpha value is -4.11. The van der Waals surface area contributed by atoms with E-state index in [-0.39, 0.29) is 5.91 Å². The number of hydrazone groups is 1. The Kier molecular flexibility index (Phi) is 7.17. The average Bonchev–Trinajstić information content (AvgIpc) is 2.79. The molecule has 0 radical (unpaired) electrons. The number of nitrogens with one attached hydrogen (secondary N) is 1. The topological polar surface area (TPSA) is 83.7 Å². The molecule has 0 fully saturated rings. The second-order valence-electron chi connectivity index (χ2n) is 6.28. The SMILES string of the molecule is CCOc1ccc(C(=O)N/N=C/c2ccc(OCc3ccccc3C#N)cc2)cc1. The summed E-state index contributed by atoms with van der Waals surface area (Å²) in [4.78, 5) is 12.1. The second-order valence-corrected chi connectivity index (χ2v) is 6.28. The van der Waals surface area contributed by atoms with Crippen molar-refractivity contribution in [1.29, 1.82) is 5.26 Å². The maximum atomic E-state index is 12.1. The highest BCUT2D eigenvalue weighted by molar-refractivity contribution is 5.95. The Morgan fingerprint density at radius 3 is 2.37 bits per heavy atom. The van der Waals surface area contributed by atoms with Crippen molar-refractivity contribution >= 4 is 12.1 Å². The monoisotopic (exact) mass is 399 g/mol. The van der Waals surface area contributed by atoms with Crippen LogP contribution in [-0.4, -0.2) is 18.7 Å². The van der Waals surface area contributed by atoms with Gasteiger partial charge in [0.25, 0.3) is 5.91 Å². The van der Waals surface area contributed by atoms with E-state index in [9.17, 15) is 4.79 Å². The molecule has 0 saturated heterocycles. The lowest BCUT2D eigenvalue weighted by atomic mass is 10.1. The zero-order valence-electron chi connectivity index (χ0n) is 16.5. The number of hydrogen-bond acceptors (Lipinski definition) is 5. The number of rotatable bonds is 8. The van der Waals surface area contributed by atoms with Gasteiger partial charge in [0, 0.05) is 11.1 Å². The lowest BCUT2D eigenvalue weighted by Gasteiger charge is -2.07. The number of nitrogens with zero attached hydrogens (tertiary/aromatic N) is 2. The lowest BCUT2D eigenvalue weighted by molar-refractivity contribution is 0.0955. The van der Waals surface area contributed by atoms with Gasteiger partial charge in [0.2, 0.25) is 0 Å². The Labute approximate surface area is 175 Å². The average molecular weight is 399 g/mol. The summed E-state index contributed by atoms with van der Waals surface area (Å²) in [6, 6.07) is 23.6. The zero-order chi connectivity index (χ0) is 21.2. The molecule has 0 aliphatic heterocycles. The summed E-state index contributed by atoms with van der Waals surface area (Å²) in [5.41, 5.74) is 5.25. The first-order valence-electron chi connectivity index (χ1n) is 9.46. The third-order valence-corrected chi connectivity index (χ3v) is 4.22. The van der Waals surface area contributed by atoms with Gasteiger partial charge >= 0.3 is 0 Å². The van der Waals surface area contributed by atoms with Gasteiger partial charge in [0.05, 0.1) is 24.5 Å². The van der Waals surface area contributed by atoms with Crippen molar-refractivity contribution in [2.75, 3.05) is 6.61 Å². The zero-order valence-corrected chi connectivity index (χ0v) is 16.5. The highest BCUT2D eigenvalue weighted by Gasteiger charge is 2.04. The maximum Gasteiger partial charge on any atom is 0.271 e. The molecule has 0 aliphatic rings. The lowest BCUT2D eigenvalue weighted by Crippen LogP contribution is -2.17. The van der Waals surface area contributed by atoms with Gasteiger partial charge in [-0.2, -0.15) is 10.4 Å². The van der Waals surface area contributed by atoms with Crippen molar-refractivity contribution in [1.82, 2.24) is 5.43 Å². The van der Waals surface area contributed by atoms with E-state index in [0.717, 1.165) is 16.9 Å². The Morgan fingerprint density at radius 2 is 1.67 bits per heavy atom. The molecule has 1 N–H and O–H groups in total. The predicted molar refractivity (Wildman–Crippen MR) is 115 cm³/mol. The van der Waals surface area contributed by atoms with Crippen LogP contribution in [0.25, 0.3) is 0 Å². The molecule has 0 aromatic heterocycles. The third-order valence-electron chi connectivity index (χ3n) is 4.22. The summed E-state index contributed by atoms with van der Waals surface area (Å²) < 4.78 is 11.1. The minimum Gasteiger partial charge on any atom is -0.494 e. The number of benzene rings is 3. The largest absolute Gasteiger partial charge is 0.494 e. The van der Waals surface area contributed by atoms with E-state index in [2.05, 4.69) is 16.6 Å². The molecule has 3 rings (SSSR count). The van der Waals surface area contributed by atoms with E-state index in [0.29, 0.717) is 30.1 Å². The van der Waals surface area contributed by atoms with Gasteiger partial charge in [0.1, 0.15) is 18.1 Å². The van der Waals surface area contributed by atoms with Crippen LogP contribution in [0.3, 0.4) is 0 Å². The quantitative estimate of drug-likeness (QED) is 0.452. The van der Waals surface area contributed by atoms with E-state index >= 15 is 0 Å². The summed E-state index contributed by atoms with van der Waals surface area (Å²) in [6.45, 7) is 2.80. The maximum absolute atomic E-state index is 12.1. The normalized spacial score (nSPS) is 10.4. The molecule has 6 nitrogen and oxygen atoms in total. The molecule has 0 spiro atoms. The van der Waals surface area contributed by atoms with Crippen LogP contribution in [0.5, 0.6) is 11.5 Å². The number of amides is 1. The van der Waals surface area contributed by atoms with Crippen molar-refractivity contribution in [3.05, 3.63) is 95.1 Å². The minimum absolute atomic E-state index is 0.301. The Morgan fingerprint density at radius 1 is 1.00 bits per heavy atom. The number of nitriles is 1. The van der Waals surface area contributed by atoms with Gasteiger partial charge in [-0.15, -0.1) is 0 Å². The summed E-state index contributed by atoms with van der Waals surface area (Å²) in [5, 5.41) is 13.1. The van der Waals surface area contributed by atoms with E-state index in [4.69, 9.17) is 14.7 Å². The highest BCUT2D eigenvalue weighted by Crippen LogP contribution is 2.15. The van der Waals surface area contributed by atoms with Crippen LogP contribution in [0.4, 0.5) is 0 Å². The van der Waals surface area contributed by atoms with Crippen LogP contribution in [0.1, 0.15) is 34.0 Å². The molecule has 6 heteroatoms. The fourth-order valence-corrected chi connectivity index (χ4v) is 2.67. The first kappa shape index (κ1) is 20.6. The minimum atomic E-state index is -0.301. The van der Waals surface area contributed by atoms with Gasteiger partial charge < -0.3 is 9.47 Å². The van der Waals surface area contributed by atoms with Crippen LogP contribution in [0.15, 0.2) is 77.9 Å². The number of carbonyl (C=O) groups is 1. The Balaban J connectivity index is 1.51. The molecule has 0 saturated carbocycles. The molecule has 30 heavy (non-hydrogen) atoms. The van der Waals surface area contributed by atoms with Crippen molar-refractivity contribution in [2.24, 2.45) is 5.10 Å². The predicted octanol–water partition coefficient (Wildman–Crippen LogP) is 4.30. The van der Waals surface area contributed by atoms with Crippen LogP contribution < -0.4 is 14.9 Å². The van der Waals surface area contributed by atoms with Crippen LogP contribution in [0.2, 0.25) is 0 Å². The first-order valence-corrected chi connectivity index (χ1v) is 9.46. The molecule has 0 aliphatic carbocycles. The summed E-state index contributed by atoms with van der Waals surface area (Å²) >= 11 is 0. The van der Waals surface area contributed by atoms with E-state index in [1.165, 1.54) is 0 Å². The van der Waals surface area contributed by atoms with Gasteiger partial charge in [-0.25, -0.2) is 5.43 Å². The fraction of sp³-hybridized carbons (Fsp3) is 0.125. The van der Waals surface area contributed by atoms with E-state index in [1.807, 2.05) is 49.4 Å². The van der Waals surface area contributed by atoms with Crippen LogP contribution in [0, 0.1) is 11.3 Å². The van der Waals surface area contributed by atoms with Gasteiger partial charge in [0.15, 0.2) is 0 Å². The van der Waals surface area contributed by atoms with Crippen molar-refractivity contribution in [3.63, 3.8) is 0 Å². The molecular formula is C24H21N3O3. The summed E-state index contributed by atoms with van der Waals surface area (Å²) in [7, 11) is 0. The van der Waals surface area contributed by atoms with Crippen molar-refractivity contribution < 1.29 is 14.3 Å². The summed E-state index contributed by atoms with van der Waals surface area (Å²) in [6.07, 6.45) is 1.56. The van der Waals surface area contributed by atoms with Crippen molar-refractivity contribution in [2.45, 2.75) is 13.5 Å². The molecule has 150 valence electrons. The first-order chi connectivity index (χ1) is 14.7. The van der Waals surface area contributed by atoms with Gasteiger partial charge in [-0.05, 0) is 67.1 Å². The van der Waals surface area contributed by atoms with Crippen LogP contribution >= 0.6 is 0 Å². The summed E-state index contributed by atoms with van der Waals surface area (Å²) in [5.74, 6) is 1.10. The molecule has 1 amide bonds. The van der Waals surface area contributed by atoms with Gasteiger partial charge in [-0.3, -0.25) is 4.79 Å². The second kappa shape index (κ2) is 10.4. The molecule has 0 atom stereocenters. The number of hydrogen-bond donors (Lipinski definition) is 1. The fourth-order valence-electron chi connectivity index (χ4n) is 2.67. The Bertz CT molecular complexity index is 1050. The smallest absolute Gasteiger partial charge is 0.271 e. The van der Waals surface area contributed by atoms with E-state index < -0.39 is 0 Å². The standard InChI is InChI=1S/C24H21N3O3/c1-2-29-22-13-9-19(10-14-22)24(28)27-26-16-18-7-11-23(12-8-18)30-17-21-6-4-3-5-20(21)15-25/h3-14,16H,2,17H2,1H3,(H,27,28)/b26-16+. The highest BCUT2D eigenvalue weighted by atomic mass is 16.5. The third kappa shape index (κ3) is 5.69.